The molecule has 0 spiro atoms. The van der Waals surface area contributed by atoms with Crippen LogP contribution in [0.3, 0.4) is 0 Å². The summed E-state index contributed by atoms with van der Waals surface area (Å²) < 4.78 is 26.2. The van der Waals surface area contributed by atoms with Crippen LogP contribution in [0.25, 0.3) is 0 Å². The molecule has 0 aromatic heterocycles. The fourth-order valence-electron chi connectivity index (χ4n) is 2.13. The van der Waals surface area contributed by atoms with Gasteiger partial charge in [0.15, 0.2) is 0 Å². The standard InChI is InChI=1S/C14H21BF2N2O3/c1-8(2)3-13(15(21)22)19-14(20)12(18)6-9-4-10(16)7-11(17)5-9/h4-5,7-8,12-13,21-22H,3,6,18H2,1-2H3,(H,19,20)/t12-,13-/m0/s1. The van der Waals surface area contributed by atoms with E-state index in [1.54, 1.807) is 0 Å². The van der Waals surface area contributed by atoms with Crippen molar-refractivity contribution in [2.45, 2.75) is 38.7 Å². The van der Waals surface area contributed by atoms with Crippen LogP contribution >= 0.6 is 0 Å². The third-order valence-corrected chi connectivity index (χ3v) is 3.13. The number of benzene rings is 1. The van der Waals surface area contributed by atoms with Gasteiger partial charge in [-0.1, -0.05) is 13.8 Å². The zero-order valence-corrected chi connectivity index (χ0v) is 12.6. The van der Waals surface area contributed by atoms with Gasteiger partial charge < -0.3 is 21.1 Å². The summed E-state index contributed by atoms with van der Waals surface area (Å²) in [6.07, 6.45) is 0.307. The molecule has 0 radical (unpaired) electrons. The lowest BCUT2D eigenvalue weighted by Gasteiger charge is -2.22. The average Bonchev–Trinajstić information content (AvgIpc) is 2.35. The molecule has 0 saturated carbocycles. The molecule has 0 fully saturated rings. The lowest BCUT2D eigenvalue weighted by Crippen LogP contribution is -2.52. The molecule has 1 aromatic rings. The topological polar surface area (TPSA) is 95.6 Å². The Bertz CT molecular complexity index is 495. The van der Waals surface area contributed by atoms with Gasteiger partial charge in [-0.05, 0) is 36.5 Å². The van der Waals surface area contributed by atoms with E-state index < -0.39 is 36.6 Å². The molecule has 122 valence electrons. The van der Waals surface area contributed by atoms with Gasteiger partial charge in [-0.2, -0.15) is 0 Å². The number of hydrogen-bond donors (Lipinski definition) is 4. The fraction of sp³-hybridized carbons (Fsp3) is 0.500. The molecule has 5 N–H and O–H groups in total. The highest BCUT2D eigenvalue weighted by atomic mass is 19.1. The molecular weight excluding hydrogens is 293 g/mol. The van der Waals surface area contributed by atoms with Gasteiger partial charge >= 0.3 is 7.12 Å². The zero-order valence-electron chi connectivity index (χ0n) is 12.6. The molecule has 1 rings (SSSR count). The second-order valence-corrected chi connectivity index (χ2v) is 5.75. The highest BCUT2D eigenvalue weighted by Crippen LogP contribution is 2.10. The first-order valence-corrected chi connectivity index (χ1v) is 7.06. The predicted octanol–water partition coefficient (Wildman–Crippen LogP) is 0.378. The number of carbonyl (C=O) groups is 1. The Balaban J connectivity index is 2.67. The second kappa shape index (κ2) is 8.21. The Morgan fingerprint density at radius 1 is 1.27 bits per heavy atom. The second-order valence-electron chi connectivity index (χ2n) is 5.75. The number of rotatable bonds is 7. The Labute approximate surface area is 128 Å². The van der Waals surface area contributed by atoms with Crippen molar-refractivity contribution in [1.82, 2.24) is 5.32 Å². The summed E-state index contributed by atoms with van der Waals surface area (Å²) in [5, 5.41) is 21.0. The van der Waals surface area contributed by atoms with Crippen molar-refractivity contribution in [3.8, 4) is 0 Å². The first-order valence-electron chi connectivity index (χ1n) is 7.06. The molecule has 8 heteroatoms. The fourth-order valence-corrected chi connectivity index (χ4v) is 2.13. The maximum Gasteiger partial charge on any atom is 0.475 e. The van der Waals surface area contributed by atoms with Gasteiger partial charge in [-0.15, -0.1) is 0 Å². The molecule has 0 heterocycles. The van der Waals surface area contributed by atoms with Crippen LogP contribution in [0.2, 0.25) is 0 Å². The third-order valence-electron chi connectivity index (χ3n) is 3.13. The first-order chi connectivity index (χ1) is 10.2. The maximum atomic E-state index is 13.1. The molecule has 1 amide bonds. The Kier molecular flexibility index (Phi) is 6.92. The van der Waals surface area contributed by atoms with E-state index in [2.05, 4.69) is 5.32 Å². The normalized spacial score (nSPS) is 13.8. The monoisotopic (exact) mass is 314 g/mol. The Morgan fingerprint density at radius 3 is 2.27 bits per heavy atom. The number of halogens is 2. The predicted molar refractivity (Wildman–Crippen MR) is 79.6 cm³/mol. The molecular formula is C14H21BF2N2O3. The molecule has 22 heavy (non-hydrogen) atoms. The number of amides is 1. The Hall–Kier alpha value is -1.51. The largest absolute Gasteiger partial charge is 0.475 e. The minimum absolute atomic E-state index is 0.0591. The van der Waals surface area contributed by atoms with Gasteiger partial charge in [0.05, 0.1) is 12.0 Å². The van der Waals surface area contributed by atoms with Crippen molar-refractivity contribution < 1.29 is 23.6 Å². The summed E-state index contributed by atoms with van der Waals surface area (Å²) in [6.45, 7) is 3.74. The molecule has 0 bridgehead atoms. The summed E-state index contributed by atoms with van der Waals surface area (Å²) in [5.74, 6) is -2.80. The first kappa shape index (κ1) is 18.5. The Morgan fingerprint density at radius 2 is 1.82 bits per heavy atom. The van der Waals surface area contributed by atoms with Gasteiger partial charge in [-0.25, -0.2) is 8.78 Å². The van der Waals surface area contributed by atoms with E-state index >= 15 is 0 Å². The molecule has 2 atom stereocenters. The smallest absolute Gasteiger partial charge is 0.426 e. The zero-order chi connectivity index (χ0) is 16.9. The summed E-state index contributed by atoms with van der Waals surface area (Å²) in [7, 11) is -1.70. The minimum atomic E-state index is -1.70. The molecule has 0 aliphatic heterocycles. The van der Waals surface area contributed by atoms with Crippen LogP contribution in [0.5, 0.6) is 0 Å². The van der Waals surface area contributed by atoms with Gasteiger partial charge in [0.25, 0.3) is 0 Å². The van der Waals surface area contributed by atoms with Crippen LogP contribution in [0.4, 0.5) is 8.78 Å². The number of nitrogens with one attached hydrogen (secondary N) is 1. The van der Waals surface area contributed by atoms with Crippen LogP contribution in [0.15, 0.2) is 18.2 Å². The van der Waals surface area contributed by atoms with Crippen molar-refractivity contribution >= 4 is 13.0 Å². The van der Waals surface area contributed by atoms with Crippen molar-refractivity contribution in [2.75, 3.05) is 0 Å². The lowest BCUT2D eigenvalue weighted by molar-refractivity contribution is -0.122. The van der Waals surface area contributed by atoms with Crippen molar-refractivity contribution in [3.05, 3.63) is 35.4 Å². The maximum absolute atomic E-state index is 13.1. The van der Waals surface area contributed by atoms with Crippen molar-refractivity contribution in [3.63, 3.8) is 0 Å². The van der Waals surface area contributed by atoms with E-state index in [0.717, 1.165) is 18.2 Å². The number of hydrogen-bond acceptors (Lipinski definition) is 4. The number of carbonyl (C=O) groups excluding carboxylic acids is 1. The summed E-state index contributed by atoms with van der Waals surface area (Å²) in [6, 6.07) is 1.89. The van der Waals surface area contributed by atoms with Crippen LogP contribution in [-0.2, 0) is 11.2 Å². The summed E-state index contributed by atoms with van der Waals surface area (Å²) in [5.41, 5.74) is 5.96. The molecule has 1 aromatic carbocycles. The summed E-state index contributed by atoms with van der Waals surface area (Å²) in [4.78, 5) is 12.0. The molecule has 0 saturated heterocycles. The van der Waals surface area contributed by atoms with E-state index in [4.69, 9.17) is 5.73 Å². The van der Waals surface area contributed by atoms with Crippen LogP contribution < -0.4 is 11.1 Å². The van der Waals surface area contributed by atoms with Crippen LogP contribution in [0, 0.1) is 17.6 Å². The lowest BCUT2D eigenvalue weighted by atomic mass is 9.75. The quantitative estimate of drug-likeness (QED) is 0.547. The van der Waals surface area contributed by atoms with Crippen LogP contribution in [-0.4, -0.2) is 35.1 Å². The minimum Gasteiger partial charge on any atom is -0.426 e. The van der Waals surface area contributed by atoms with Gasteiger partial charge in [0, 0.05) is 6.07 Å². The van der Waals surface area contributed by atoms with E-state index in [1.807, 2.05) is 13.8 Å². The van der Waals surface area contributed by atoms with Gasteiger partial charge in [0.2, 0.25) is 5.91 Å². The molecule has 5 nitrogen and oxygen atoms in total. The number of nitrogens with two attached hydrogens (primary N) is 1. The van der Waals surface area contributed by atoms with Crippen molar-refractivity contribution in [1.29, 1.82) is 0 Å². The van der Waals surface area contributed by atoms with Crippen LogP contribution in [0.1, 0.15) is 25.8 Å². The molecule has 0 unspecified atom stereocenters. The highest BCUT2D eigenvalue weighted by Gasteiger charge is 2.28. The van der Waals surface area contributed by atoms with Gasteiger partial charge in [0.1, 0.15) is 11.6 Å². The van der Waals surface area contributed by atoms with Gasteiger partial charge in [-0.3, -0.25) is 4.79 Å². The molecule has 0 aliphatic carbocycles. The SMILES string of the molecule is CC(C)C[C@H](NC(=O)[C@@H](N)Cc1cc(F)cc(F)c1)B(O)O. The van der Waals surface area contributed by atoms with E-state index in [0.29, 0.717) is 6.42 Å². The summed E-state index contributed by atoms with van der Waals surface area (Å²) >= 11 is 0. The molecule has 0 aliphatic rings. The average molecular weight is 314 g/mol. The van der Waals surface area contributed by atoms with Crippen molar-refractivity contribution in [2.24, 2.45) is 11.7 Å². The highest BCUT2D eigenvalue weighted by molar-refractivity contribution is 6.43. The third kappa shape index (κ3) is 6.09. The van der Waals surface area contributed by atoms with E-state index in [1.165, 1.54) is 0 Å². The van der Waals surface area contributed by atoms with E-state index in [9.17, 15) is 23.6 Å². The van der Waals surface area contributed by atoms with E-state index in [-0.39, 0.29) is 17.9 Å².